The summed E-state index contributed by atoms with van der Waals surface area (Å²) in [5.74, 6) is 0. The van der Waals surface area contributed by atoms with Crippen molar-refractivity contribution in [2.45, 2.75) is 25.6 Å². The predicted octanol–water partition coefficient (Wildman–Crippen LogP) is 3.31. The molecule has 1 N–H and O–H groups in total. The third kappa shape index (κ3) is 5.20. The van der Waals surface area contributed by atoms with Crippen molar-refractivity contribution in [3.63, 3.8) is 0 Å². The molecule has 0 aromatic heterocycles. The number of benzene rings is 1. The second kappa shape index (κ2) is 6.91. The molecule has 19 heavy (non-hydrogen) atoms. The lowest BCUT2D eigenvalue weighted by Gasteiger charge is -2.23. The van der Waals surface area contributed by atoms with Crippen LogP contribution in [0.2, 0.25) is 0 Å². The molecule has 0 saturated heterocycles. The van der Waals surface area contributed by atoms with Crippen LogP contribution in [0.25, 0.3) is 0 Å². The number of likely N-dealkylation sites (N-methyl/N-ethyl adjacent to an activating group) is 1. The Kier molecular flexibility index (Phi) is 5.82. The van der Waals surface area contributed by atoms with Crippen molar-refractivity contribution in [3.8, 4) is 0 Å². The summed E-state index contributed by atoms with van der Waals surface area (Å²) in [4.78, 5) is 2.02. The number of nitrogens with zero attached hydrogens (tertiary/aromatic N) is 1. The molecule has 0 spiro atoms. The van der Waals surface area contributed by atoms with Gasteiger partial charge < -0.3 is 10.2 Å². The summed E-state index contributed by atoms with van der Waals surface area (Å²) in [6.07, 6.45) is -3.28. The van der Waals surface area contributed by atoms with Crippen molar-refractivity contribution in [1.29, 1.82) is 0 Å². The van der Waals surface area contributed by atoms with E-state index in [1.54, 1.807) is 12.1 Å². The Labute approximate surface area is 112 Å². The maximum absolute atomic E-state index is 12.5. The van der Waals surface area contributed by atoms with E-state index in [9.17, 15) is 13.2 Å². The van der Waals surface area contributed by atoms with Crippen LogP contribution in [0.1, 0.15) is 30.5 Å². The fourth-order valence-corrected chi connectivity index (χ4v) is 1.88. The zero-order valence-electron chi connectivity index (χ0n) is 11.6. The number of nitrogens with one attached hydrogen (secondary N) is 1. The molecule has 2 nitrogen and oxygen atoms in total. The first kappa shape index (κ1) is 16.0. The van der Waals surface area contributed by atoms with E-state index >= 15 is 0 Å². The van der Waals surface area contributed by atoms with Gasteiger partial charge in [0.15, 0.2) is 0 Å². The normalized spacial score (nSPS) is 13.8. The highest BCUT2D eigenvalue weighted by Crippen LogP contribution is 2.29. The zero-order chi connectivity index (χ0) is 14.5. The van der Waals surface area contributed by atoms with E-state index in [0.29, 0.717) is 0 Å². The molecule has 0 bridgehead atoms. The monoisotopic (exact) mass is 274 g/mol. The third-order valence-corrected chi connectivity index (χ3v) is 2.83. The van der Waals surface area contributed by atoms with Crippen LogP contribution in [0.4, 0.5) is 13.2 Å². The summed E-state index contributed by atoms with van der Waals surface area (Å²) >= 11 is 0. The lowest BCUT2D eigenvalue weighted by Crippen LogP contribution is -2.31. The predicted molar refractivity (Wildman–Crippen MR) is 71.0 cm³/mol. The standard InChI is InChI=1S/C14H21F3N2/c1-4-9-18-13(10-19(2)3)11-5-7-12(8-6-11)14(15,16)17/h5-8,13,18H,4,9-10H2,1-3H3. The van der Waals surface area contributed by atoms with E-state index in [1.807, 2.05) is 19.0 Å². The average Bonchev–Trinajstić information content (AvgIpc) is 2.33. The van der Waals surface area contributed by atoms with Crippen molar-refractivity contribution >= 4 is 0 Å². The number of rotatable bonds is 6. The number of halogens is 3. The summed E-state index contributed by atoms with van der Waals surface area (Å²) in [5, 5.41) is 3.35. The minimum atomic E-state index is -4.27. The largest absolute Gasteiger partial charge is 0.416 e. The van der Waals surface area contributed by atoms with Crippen molar-refractivity contribution in [2.24, 2.45) is 0 Å². The van der Waals surface area contributed by atoms with Gasteiger partial charge >= 0.3 is 6.18 Å². The fourth-order valence-electron chi connectivity index (χ4n) is 1.88. The molecule has 1 atom stereocenters. The number of hydrogen-bond donors (Lipinski definition) is 1. The van der Waals surface area contributed by atoms with Gasteiger partial charge in [0.1, 0.15) is 0 Å². The maximum atomic E-state index is 12.5. The third-order valence-electron chi connectivity index (χ3n) is 2.83. The molecule has 0 heterocycles. The molecule has 0 saturated carbocycles. The fraction of sp³-hybridized carbons (Fsp3) is 0.571. The molecule has 0 aliphatic carbocycles. The van der Waals surface area contributed by atoms with Gasteiger partial charge in [0.05, 0.1) is 5.56 Å². The summed E-state index contributed by atoms with van der Waals surface area (Å²) in [5.41, 5.74) is 0.283. The molecule has 1 rings (SSSR count). The van der Waals surface area contributed by atoms with Crippen LogP contribution in [0.15, 0.2) is 24.3 Å². The van der Waals surface area contributed by atoms with E-state index in [2.05, 4.69) is 12.2 Å². The Balaban J connectivity index is 2.84. The van der Waals surface area contributed by atoms with Crippen molar-refractivity contribution in [3.05, 3.63) is 35.4 Å². The Morgan fingerprint density at radius 1 is 1.16 bits per heavy atom. The SMILES string of the molecule is CCCNC(CN(C)C)c1ccc(C(F)(F)F)cc1. The molecule has 0 aliphatic heterocycles. The average molecular weight is 274 g/mol. The maximum Gasteiger partial charge on any atom is 0.416 e. The van der Waals surface area contributed by atoms with Gasteiger partial charge in [0, 0.05) is 12.6 Å². The first-order chi connectivity index (χ1) is 8.84. The second-order valence-corrected chi connectivity index (χ2v) is 4.89. The van der Waals surface area contributed by atoms with E-state index in [1.165, 1.54) is 0 Å². The summed E-state index contributed by atoms with van der Waals surface area (Å²) in [7, 11) is 3.90. The van der Waals surface area contributed by atoms with Crippen LogP contribution >= 0.6 is 0 Å². The Hall–Kier alpha value is -1.07. The molecule has 5 heteroatoms. The summed E-state index contributed by atoms with van der Waals surface area (Å²) < 4.78 is 37.5. The van der Waals surface area contributed by atoms with Gasteiger partial charge in [0.2, 0.25) is 0 Å². The number of alkyl halides is 3. The Morgan fingerprint density at radius 3 is 2.16 bits per heavy atom. The highest BCUT2D eigenvalue weighted by atomic mass is 19.4. The van der Waals surface area contributed by atoms with Crippen LogP contribution in [0, 0.1) is 0 Å². The highest BCUT2D eigenvalue weighted by Gasteiger charge is 2.30. The molecule has 1 unspecified atom stereocenters. The highest BCUT2D eigenvalue weighted by molar-refractivity contribution is 5.27. The van der Waals surface area contributed by atoms with Gasteiger partial charge in [-0.3, -0.25) is 0 Å². The van der Waals surface area contributed by atoms with Gasteiger partial charge in [-0.15, -0.1) is 0 Å². The first-order valence-corrected chi connectivity index (χ1v) is 6.40. The van der Waals surface area contributed by atoms with Crippen LogP contribution in [-0.4, -0.2) is 32.1 Å². The Morgan fingerprint density at radius 2 is 1.74 bits per heavy atom. The minimum Gasteiger partial charge on any atom is -0.309 e. The van der Waals surface area contributed by atoms with Gasteiger partial charge in [-0.25, -0.2) is 0 Å². The first-order valence-electron chi connectivity index (χ1n) is 6.40. The van der Waals surface area contributed by atoms with E-state index < -0.39 is 11.7 Å². The van der Waals surface area contributed by atoms with Gasteiger partial charge in [-0.05, 0) is 44.8 Å². The lowest BCUT2D eigenvalue weighted by molar-refractivity contribution is -0.137. The number of hydrogen-bond acceptors (Lipinski definition) is 2. The molecule has 108 valence electrons. The van der Waals surface area contributed by atoms with Gasteiger partial charge in [0.25, 0.3) is 0 Å². The molecular weight excluding hydrogens is 253 g/mol. The molecule has 0 radical (unpaired) electrons. The van der Waals surface area contributed by atoms with Crippen LogP contribution in [-0.2, 0) is 6.18 Å². The zero-order valence-corrected chi connectivity index (χ0v) is 11.6. The van der Waals surface area contributed by atoms with E-state index in [0.717, 1.165) is 37.2 Å². The minimum absolute atomic E-state index is 0.0530. The van der Waals surface area contributed by atoms with Crippen molar-refractivity contribution < 1.29 is 13.2 Å². The van der Waals surface area contributed by atoms with Crippen LogP contribution < -0.4 is 5.32 Å². The molecular formula is C14H21F3N2. The molecule has 1 aromatic carbocycles. The van der Waals surface area contributed by atoms with Gasteiger partial charge in [-0.2, -0.15) is 13.2 Å². The Bertz CT molecular complexity index is 371. The molecule has 0 aliphatic rings. The van der Waals surface area contributed by atoms with E-state index in [4.69, 9.17) is 0 Å². The quantitative estimate of drug-likeness (QED) is 0.856. The molecule has 0 fully saturated rings. The molecule has 0 amide bonds. The lowest BCUT2D eigenvalue weighted by atomic mass is 10.0. The van der Waals surface area contributed by atoms with Crippen molar-refractivity contribution in [2.75, 3.05) is 27.2 Å². The molecule has 1 aromatic rings. The second-order valence-electron chi connectivity index (χ2n) is 4.89. The van der Waals surface area contributed by atoms with Crippen LogP contribution in [0.5, 0.6) is 0 Å². The summed E-state index contributed by atoms with van der Waals surface area (Å²) in [6, 6.07) is 5.45. The smallest absolute Gasteiger partial charge is 0.309 e. The summed E-state index contributed by atoms with van der Waals surface area (Å²) in [6.45, 7) is 3.66. The topological polar surface area (TPSA) is 15.3 Å². The van der Waals surface area contributed by atoms with Gasteiger partial charge in [-0.1, -0.05) is 19.1 Å². The van der Waals surface area contributed by atoms with Crippen LogP contribution in [0.3, 0.4) is 0 Å². The van der Waals surface area contributed by atoms with Crippen molar-refractivity contribution in [1.82, 2.24) is 10.2 Å². The van der Waals surface area contributed by atoms with E-state index in [-0.39, 0.29) is 6.04 Å².